The van der Waals surface area contributed by atoms with Crippen LogP contribution in [0.15, 0.2) is 100 Å². The molecule has 1 heterocycles. The number of hydrogen-bond donors (Lipinski definition) is 2. The van der Waals surface area contributed by atoms with Crippen LogP contribution < -0.4 is 15.1 Å². The molecular formula is C26H22BrN5O2S. The first kappa shape index (κ1) is 24.4. The Hall–Kier alpha value is -3.69. The molecule has 1 amide bonds. The summed E-state index contributed by atoms with van der Waals surface area (Å²) in [7, 11) is 0. The average Bonchev–Trinajstić information content (AvgIpc) is 3.30. The van der Waals surface area contributed by atoms with Crippen LogP contribution in [0.5, 0.6) is 5.75 Å². The third-order valence-electron chi connectivity index (χ3n) is 5.02. The van der Waals surface area contributed by atoms with Crippen LogP contribution in [-0.2, 0) is 11.2 Å². The number of nitrogens with zero attached hydrogens (tertiary/aromatic N) is 3. The second kappa shape index (κ2) is 11.6. The van der Waals surface area contributed by atoms with Gasteiger partial charge in [0.1, 0.15) is 5.69 Å². The molecule has 0 saturated heterocycles. The number of para-hydroxylation sites is 1. The van der Waals surface area contributed by atoms with Crippen LogP contribution in [0, 0.1) is 0 Å². The Labute approximate surface area is 215 Å². The van der Waals surface area contributed by atoms with Gasteiger partial charge in [0, 0.05) is 4.47 Å². The monoisotopic (exact) mass is 547 g/mol. The van der Waals surface area contributed by atoms with Crippen molar-refractivity contribution in [2.24, 2.45) is 5.10 Å². The Kier molecular flexibility index (Phi) is 8.12. The first-order valence-electron chi connectivity index (χ1n) is 10.7. The lowest BCUT2D eigenvalue weighted by atomic mass is 10.1. The Morgan fingerprint density at radius 2 is 1.91 bits per heavy atom. The third-order valence-corrected chi connectivity index (χ3v) is 6.49. The Morgan fingerprint density at radius 1 is 1.14 bits per heavy atom. The SMILES string of the molecule is C=CCc1cccc(/C=N/NC(=O)CSc2n[nH]c(-c3ccccc3)[n+]2-c2ccc(Br)cc2)c1[O-]. The van der Waals surface area contributed by atoms with Gasteiger partial charge in [0.15, 0.2) is 0 Å². The number of hydrogen-bond acceptors (Lipinski definition) is 5. The van der Waals surface area contributed by atoms with Crippen molar-refractivity contribution < 1.29 is 14.5 Å². The minimum atomic E-state index is -0.312. The van der Waals surface area contributed by atoms with Gasteiger partial charge >= 0.3 is 5.16 Å². The Bertz CT molecular complexity index is 1350. The second-order valence-corrected chi connectivity index (χ2v) is 9.30. The van der Waals surface area contributed by atoms with Crippen molar-refractivity contribution in [2.45, 2.75) is 11.6 Å². The molecule has 0 aliphatic carbocycles. The molecule has 0 aliphatic heterocycles. The first-order chi connectivity index (χ1) is 17.1. The maximum atomic E-state index is 12.4. The molecule has 2 N–H and O–H groups in total. The molecule has 4 aromatic rings. The van der Waals surface area contributed by atoms with E-state index in [1.165, 1.54) is 18.0 Å². The maximum Gasteiger partial charge on any atom is 0.342 e. The molecule has 3 aromatic carbocycles. The molecule has 0 spiro atoms. The molecule has 0 atom stereocenters. The predicted molar refractivity (Wildman–Crippen MR) is 140 cm³/mol. The molecule has 7 nitrogen and oxygen atoms in total. The summed E-state index contributed by atoms with van der Waals surface area (Å²) in [6.07, 6.45) is 3.52. The van der Waals surface area contributed by atoms with E-state index < -0.39 is 0 Å². The zero-order valence-corrected chi connectivity index (χ0v) is 21.1. The average molecular weight is 548 g/mol. The van der Waals surface area contributed by atoms with E-state index in [1.54, 1.807) is 24.3 Å². The molecule has 0 fully saturated rings. The highest BCUT2D eigenvalue weighted by Gasteiger charge is 2.24. The van der Waals surface area contributed by atoms with Crippen molar-refractivity contribution in [3.8, 4) is 22.8 Å². The fourth-order valence-electron chi connectivity index (χ4n) is 3.37. The zero-order chi connectivity index (χ0) is 24.6. The second-order valence-electron chi connectivity index (χ2n) is 7.44. The smallest absolute Gasteiger partial charge is 0.342 e. The van der Waals surface area contributed by atoms with Gasteiger partial charge in [-0.3, -0.25) is 4.79 Å². The highest BCUT2D eigenvalue weighted by atomic mass is 79.9. The van der Waals surface area contributed by atoms with E-state index in [0.29, 0.717) is 22.7 Å². The lowest BCUT2D eigenvalue weighted by molar-refractivity contribution is -0.625. The number of hydrazone groups is 1. The number of allylic oxidation sites excluding steroid dienone is 1. The van der Waals surface area contributed by atoms with Crippen LogP contribution in [0.3, 0.4) is 0 Å². The molecule has 1 aromatic heterocycles. The summed E-state index contributed by atoms with van der Waals surface area (Å²) in [5.41, 5.74) is 5.40. The number of rotatable bonds is 9. The summed E-state index contributed by atoms with van der Waals surface area (Å²) in [5.74, 6) is 0.456. The molecule has 0 bridgehead atoms. The normalized spacial score (nSPS) is 11.0. The van der Waals surface area contributed by atoms with Gasteiger partial charge in [-0.25, -0.2) is 5.43 Å². The fourth-order valence-corrected chi connectivity index (χ4v) is 4.40. The summed E-state index contributed by atoms with van der Waals surface area (Å²) in [5, 5.41) is 24.5. The van der Waals surface area contributed by atoms with E-state index in [-0.39, 0.29) is 17.4 Å². The summed E-state index contributed by atoms with van der Waals surface area (Å²) < 4.78 is 2.94. The molecule has 0 unspecified atom stereocenters. The molecule has 176 valence electrons. The number of thioether (sulfide) groups is 1. The minimum absolute atomic E-state index is 0.0910. The van der Waals surface area contributed by atoms with Gasteiger partial charge < -0.3 is 5.11 Å². The number of nitrogens with one attached hydrogen (secondary N) is 2. The summed E-state index contributed by atoms with van der Waals surface area (Å²) in [4.78, 5) is 12.4. The Morgan fingerprint density at radius 3 is 2.66 bits per heavy atom. The minimum Gasteiger partial charge on any atom is -0.872 e. The van der Waals surface area contributed by atoms with Gasteiger partial charge in [-0.15, -0.1) is 11.7 Å². The van der Waals surface area contributed by atoms with Gasteiger partial charge in [0.05, 0.1) is 22.6 Å². The van der Waals surface area contributed by atoms with Crippen LogP contribution in [-0.4, -0.2) is 28.1 Å². The van der Waals surface area contributed by atoms with Gasteiger partial charge in [-0.2, -0.15) is 9.67 Å². The van der Waals surface area contributed by atoms with Crippen LogP contribution in [0.1, 0.15) is 11.1 Å². The van der Waals surface area contributed by atoms with E-state index in [9.17, 15) is 9.90 Å². The van der Waals surface area contributed by atoms with Crippen molar-refractivity contribution in [3.05, 3.63) is 101 Å². The van der Waals surface area contributed by atoms with E-state index in [4.69, 9.17) is 0 Å². The first-order valence-corrected chi connectivity index (χ1v) is 12.5. The largest absolute Gasteiger partial charge is 0.872 e. The highest BCUT2D eigenvalue weighted by Crippen LogP contribution is 2.21. The molecular weight excluding hydrogens is 526 g/mol. The lowest BCUT2D eigenvalue weighted by Crippen LogP contribution is -2.34. The van der Waals surface area contributed by atoms with E-state index in [1.807, 2.05) is 59.2 Å². The Balaban J connectivity index is 1.48. The summed E-state index contributed by atoms with van der Waals surface area (Å²) in [6, 6.07) is 22.9. The van der Waals surface area contributed by atoms with E-state index in [0.717, 1.165) is 21.5 Å². The van der Waals surface area contributed by atoms with Crippen LogP contribution in [0.25, 0.3) is 17.1 Å². The number of amides is 1. The maximum absolute atomic E-state index is 12.4. The number of aromatic amines is 1. The van der Waals surface area contributed by atoms with Crippen molar-refractivity contribution in [1.29, 1.82) is 0 Å². The van der Waals surface area contributed by atoms with Gasteiger partial charge in [0.25, 0.3) is 11.7 Å². The topological polar surface area (TPSA) is 97.1 Å². The number of carbonyl (C=O) groups is 1. The molecule has 9 heteroatoms. The number of H-pyrrole nitrogens is 1. The van der Waals surface area contributed by atoms with E-state index >= 15 is 0 Å². The number of benzene rings is 3. The van der Waals surface area contributed by atoms with Crippen molar-refractivity contribution in [2.75, 3.05) is 5.75 Å². The molecule has 4 rings (SSSR count). The molecule has 0 radical (unpaired) electrons. The highest BCUT2D eigenvalue weighted by molar-refractivity contribution is 9.10. The van der Waals surface area contributed by atoms with E-state index in [2.05, 4.69) is 43.2 Å². The number of carbonyl (C=O) groups excluding carboxylic acids is 1. The zero-order valence-electron chi connectivity index (χ0n) is 18.6. The summed E-state index contributed by atoms with van der Waals surface area (Å²) >= 11 is 4.75. The van der Waals surface area contributed by atoms with Crippen LogP contribution >= 0.6 is 27.7 Å². The molecule has 0 saturated carbocycles. The van der Waals surface area contributed by atoms with Crippen LogP contribution in [0.4, 0.5) is 0 Å². The predicted octanol–water partition coefficient (Wildman–Crippen LogP) is 4.16. The standard InChI is InChI=1S/C26H22BrN5O2S/c1-2-7-18-10-6-11-20(24(18)34)16-28-29-23(33)17-35-26-31-30-25(19-8-4-3-5-9-19)32(26)22-14-12-21(27)13-15-22/h2-6,8-16H,1,7,17H2,(H2,28,29,33,34). The third kappa shape index (κ3) is 6.06. The van der Waals surface area contributed by atoms with Crippen molar-refractivity contribution >= 4 is 39.8 Å². The number of aromatic nitrogens is 3. The fraction of sp³-hybridized carbons (Fsp3) is 0.0769. The van der Waals surface area contributed by atoms with Crippen LogP contribution in [0.2, 0.25) is 0 Å². The molecule has 35 heavy (non-hydrogen) atoms. The number of halogens is 1. The van der Waals surface area contributed by atoms with Gasteiger partial charge in [-0.05, 0) is 60.1 Å². The van der Waals surface area contributed by atoms with Gasteiger partial charge in [0.2, 0.25) is 0 Å². The van der Waals surface area contributed by atoms with Crippen molar-refractivity contribution in [1.82, 2.24) is 15.6 Å². The molecule has 0 aliphatic rings. The lowest BCUT2D eigenvalue weighted by Gasteiger charge is -2.15. The summed E-state index contributed by atoms with van der Waals surface area (Å²) in [6.45, 7) is 3.66. The van der Waals surface area contributed by atoms with Gasteiger partial charge in [-0.1, -0.05) is 69.7 Å². The van der Waals surface area contributed by atoms with Crippen molar-refractivity contribution in [3.63, 3.8) is 0 Å². The quantitative estimate of drug-likeness (QED) is 0.108.